The van der Waals surface area contributed by atoms with Crippen molar-refractivity contribution in [3.05, 3.63) is 34.9 Å². The van der Waals surface area contributed by atoms with Crippen molar-refractivity contribution in [3.63, 3.8) is 0 Å². The maximum absolute atomic E-state index is 12.3. The van der Waals surface area contributed by atoms with Crippen LogP contribution in [0, 0.1) is 13.8 Å². The van der Waals surface area contributed by atoms with Crippen LogP contribution in [0.4, 0.5) is 4.79 Å². The van der Waals surface area contributed by atoms with Crippen molar-refractivity contribution in [1.29, 1.82) is 0 Å². The third kappa shape index (κ3) is 5.97. The van der Waals surface area contributed by atoms with E-state index in [0.717, 1.165) is 22.4 Å². The summed E-state index contributed by atoms with van der Waals surface area (Å²) >= 11 is 1.62. The summed E-state index contributed by atoms with van der Waals surface area (Å²) in [6.07, 6.45) is 2.51. The highest BCUT2D eigenvalue weighted by molar-refractivity contribution is 7.98. The standard InChI is InChI=1S/C16H25N3O2S/c1-10-7-11(2)9-13(8-10)12(3)18-15(20)14(5-6-22-4)19-16(17)21/h7-9,12,14H,5-6H2,1-4H3,(H,18,20)(H3,17,19,21). The number of aryl methyl sites for hydroxylation is 2. The van der Waals surface area contributed by atoms with Gasteiger partial charge in [0, 0.05) is 0 Å². The van der Waals surface area contributed by atoms with Crippen LogP contribution in [0.2, 0.25) is 0 Å². The van der Waals surface area contributed by atoms with Gasteiger partial charge < -0.3 is 16.4 Å². The van der Waals surface area contributed by atoms with Gasteiger partial charge in [-0.25, -0.2) is 4.79 Å². The van der Waals surface area contributed by atoms with E-state index >= 15 is 0 Å². The maximum atomic E-state index is 12.3. The number of nitrogens with one attached hydrogen (secondary N) is 2. The molecule has 2 unspecified atom stereocenters. The van der Waals surface area contributed by atoms with E-state index in [-0.39, 0.29) is 11.9 Å². The smallest absolute Gasteiger partial charge is 0.312 e. The van der Waals surface area contributed by atoms with Crippen LogP contribution in [0.15, 0.2) is 18.2 Å². The van der Waals surface area contributed by atoms with Gasteiger partial charge in [-0.2, -0.15) is 11.8 Å². The van der Waals surface area contributed by atoms with E-state index in [4.69, 9.17) is 5.73 Å². The molecular formula is C16H25N3O2S. The van der Waals surface area contributed by atoms with Gasteiger partial charge in [-0.15, -0.1) is 0 Å². The van der Waals surface area contributed by atoms with Crippen molar-refractivity contribution in [1.82, 2.24) is 10.6 Å². The zero-order chi connectivity index (χ0) is 16.7. The molecule has 0 saturated heterocycles. The minimum Gasteiger partial charge on any atom is -0.352 e. The van der Waals surface area contributed by atoms with Crippen LogP contribution in [0.5, 0.6) is 0 Å². The Kier molecular flexibility index (Phi) is 7.24. The Morgan fingerprint density at radius 1 is 1.18 bits per heavy atom. The summed E-state index contributed by atoms with van der Waals surface area (Å²) in [4.78, 5) is 23.4. The number of carbonyl (C=O) groups is 2. The second-order valence-corrected chi connectivity index (χ2v) is 6.48. The van der Waals surface area contributed by atoms with E-state index in [0.29, 0.717) is 6.42 Å². The number of hydrogen-bond donors (Lipinski definition) is 3. The molecule has 4 N–H and O–H groups in total. The number of rotatable bonds is 7. The highest BCUT2D eigenvalue weighted by Gasteiger charge is 2.21. The summed E-state index contributed by atoms with van der Waals surface area (Å²) in [5.74, 6) is 0.565. The van der Waals surface area contributed by atoms with E-state index in [2.05, 4.69) is 28.8 Å². The fourth-order valence-electron chi connectivity index (χ4n) is 2.33. The number of hydrogen-bond acceptors (Lipinski definition) is 3. The van der Waals surface area contributed by atoms with E-state index in [1.807, 2.05) is 27.0 Å². The molecule has 6 heteroatoms. The van der Waals surface area contributed by atoms with Gasteiger partial charge in [-0.1, -0.05) is 29.3 Å². The molecule has 1 aromatic carbocycles. The summed E-state index contributed by atoms with van der Waals surface area (Å²) in [6.45, 7) is 5.99. The zero-order valence-corrected chi connectivity index (χ0v) is 14.4. The van der Waals surface area contributed by atoms with Crippen LogP contribution in [-0.2, 0) is 4.79 Å². The lowest BCUT2D eigenvalue weighted by Crippen LogP contribution is -2.49. The summed E-state index contributed by atoms with van der Waals surface area (Å²) in [6, 6.07) is 4.79. The Bertz CT molecular complexity index is 514. The highest BCUT2D eigenvalue weighted by atomic mass is 32.2. The molecule has 0 aromatic heterocycles. The van der Waals surface area contributed by atoms with Crippen molar-refractivity contribution < 1.29 is 9.59 Å². The van der Waals surface area contributed by atoms with Gasteiger partial charge in [0.15, 0.2) is 0 Å². The molecule has 0 aliphatic rings. The van der Waals surface area contributed by atoms with Crippen LogP contribution in [-0.4, -0.2) is 30.0 Å². The number of carbonyl (C=O) groups excluding carboxylic acids is 2. The Balaban J connectivity index is 2.76. The van der Waals surface area contributed by atoms with E-state index in [1.165, 1.54) is 0 Å². The lowest BCUT2D eigenvalue weighted by Gasteiger charge is -2.21. The third-order valence-corrected chi connectivity index (χ3v) is 3.99. The Hall–Kier alpha value is -1.69. The van der Waals surface area contributed by atoms with Crippen molar-refractivity contribution in [3.8, 4) is 0 Å². The Labute approximate surface area is 136 Å². The minimum atomic E-state index is -0.680. The second kappa shape index (κ2) is 8.68. The van der Waals surface area contributed by atoms with Crippen LogP contribution >= 0.6 is 11.8 Å². The largest absolute Gasteiger partial charge is 0.352 e. The van der Waals surface area contributed by atoms with Gasteiger partial charge in [0.25, 0.3) is 0 Å². The molecule has 1 rings (SSSR count). The first kappa shape index (κ1) is 18.4. The molecule has 0 saturated carbocycles. The monoisotopic (exact) mass is 323 g/mol. The number of thioether (sulfide) groups is 1. The van der Waals surface area contributed by atoms with Gasteiger partial charge in [0.2, 0.25) is 5.91 Å². The molecule has 0 spiro atoms. The molecule has 0 heterocycles. The van der Waals surface area contributed by atoms with Gasteiger partial charge in [-0.05, 0) is 44.8 Å². The molecular weight excluding hydrogens is 298 g/mol. The van der Waals surface area contributed by atoms with Crippen molar-refractivity contribution >= 4 is 23.7 Å². The van der Waals surface area contributed by atoms with Crippen molar-refractivity contribution in [2.24, 2.45) is 5.73 Å². The van der Waals surface area contributed by atoms with Gasteiger partial charge in [-0.3, -0.25) is 4.79 Å². The quantitative estimate of drug-likeness (QED) is 0.719. The molecule has 0 aliphatic heterocycles. The number of benzene rings is 1. The summed E-state index contributed by atoms with van der Waals surface area (Å²) < 4.78 is 0. The van der Waals surface area contributed by atoms with Crippen LogP contribution in [0.25, 0.3) is 0 Å². The number of primary amides is 1. The zero-order valence-electron chi connectivity index (χ0n) is 13.6. The van der Waals surface area contributed by atoms with Crippen molar-refractivity contribution in [2.75, 3.05) is 12.0 Å². The predicted molar refractivity (Wildman–Crippen MR) is 92.0 cm³/mol. The Morgan fingerprint density at radius 3 is 2.27 bits per heavy atom. The average molecular weight is 323 g/mol. The summed E-state index contributed by atoms with van der Waals surface area (Å²) in [5, 5.41) is 5.45. The van der Waals surface area contributed by atoms with E-state index in [1.54, 1.807) is 11.8 Å². The first-order valence-electron chi connectivity index (χ1n) is 7.27. The molecule has 1 aromatic rings. The highest BCUT2D eigenvalue weighted by Crippen LogP contribution is 2.17. The van der Waals surface area contributed by atoms with Gasteiger partial charge in [0.1, 0.15) is 6.04 Å². The molecule has 0 radical (unpaired) electrons. The van der Waals surface area contributed by atoms with Gasteiger partial charge >= 0.3 is 6.03 Å². The predicted octanol–water partition coefficient (Wildman–Crippen LogP) is 2.27. The van der Waals surface area contributed by atoms with E-state index < -0.39 is 12.1 Å². The lowest BCUT2D eigenvalue weighted by molar-refractivity contribution is -0.123. The molecule has 2 atom stereocenters. The molecule has 0 bridgehead atoms. The fraction of sp³-hybridized carbons (Fsp3) is 0.500. The normalized spacial score (nSPS) is 13.3. The topological polar surface area (TPSA) is 84.2 Å². The first-order valence-corrected chi connectivity index (χ1v) is 8.66. The van der Waals surface area contributed by atoms with E-state index in [9.17, 15) is 9.59 Å². The molecule has 22 heavy (non-hydrogen) atoms. The van der Waals surface area contributed by atoms with Crippen LogP contribution in [0.3, 0.4) is 0 Å². The summed E-state index contributed by atoms with van der Waals surface area (Å²) in [5.41, 5.74) is 8.51. The Morgan fingerprint density at radius 2 is 1.77 bits per heavy atom. The average Bonchev–Trinajstić information content (AvgIpc) is 2.41. The lowest BCUT2D eigenvalue weighted by atomic mass is 10.0. The van der Waals surface area contributed by atoms with Gasteiger partial charge in [0.05, 0.1) is 6.04 Å². The SMILES string of the molecule is CSCCC(NC(N)=O)C(=O)NC(C)c1cc(C)cc(C)c1. The third-order valence-electron chi connectivity index (χ3n) is 3.35. The second-order valence-electron chi connectivity index (χ2n) is 5.49. The first-order chi connectivity index (χ1) is 10.3. The number of urea groups is 1. The molecule has 0 aliphatic carbocycles. The molecule has 122 valence electrons. The molecule has 0 fully saturated rings. The van der Waals surface area contributed by atoms with Crippen LogP contribution < -0.4 is 16.4 Å². The van der Waals surface area contributed by atoms with Crippen molar-refractivity contribution in [2.45, 2.75) is 39.3 Å². The number of amides is 3. The fourth-order valence-corrected chi connectivity index (χ4v) is 2.80. The number of nitrogens with two attached hydrogens (primary N) is 1. The summed E-state index contributed by atoms with van der Waals surface area (Å²) in [7, 11) is 0. The maximum Gasteiger partial charge on any atom is 0.312 e. The molecule has 3 amide bonds. The van der Waals surface area contributed by atoms with Crippen LogP contribution in [0.1, 0.15) is 36.1 Å². The minimum absolute atomic E-state index is 0.127. The molecule has 5 nitrogen and oxygen atoms in total.